The lowest BCUT2D eigenvalue weighted by Crippen LogP contribution is -2.19. The Morgan fingerprint density at radius 1 is 1.46 bits per heavy atom. The fourth-order valence-electron chi connectivity index (χ4n) is 2.91. The molecule has 74 valence electrons. The third-order valence-corrected chi connectivity index (χ3v) is 4.17. The summed E-state index contributed by atoms with van der Waals surface area (Å²) in [6.45, 7) is 2.24. The second-order valence-corrected chi connectivity index (χ2v) is 4.81. The van der Waals surface area contributed by atoms with Gasteiger partial charge in [0.2, 0.25) is 0 Å². The lowest BCUT2D eigenvalue weighted by molar-refractivity contribution is -0.139. The van der Waals surface area contributed by atoms with Crippen molar-refractivity contribution in [2.24, 2.45) is 17.3 Å². The van der Waals surface area contributed by atoms with Crippen molar-refractivity contribution in [3.63, 3.8) is 0 Å². The number of carboxylic acids is 1. The summed E-state index contributed by atoms with van der Waals surface area (Å²) in [5.74, 6) is 0.320. The minimum absolute atomic E-state index is 0.00491. The van der Waals surface area contributed by atoms with E-state index in [4.69, 9.17) is 5.11 Å². The molecule has 2 nitrogen and oxygen atoms in total. The molecule has 2 aliphatic carbocycles. The molecule has 0 saturated heterocycles. The number of carboxylic acid groups (broad SMARTS) is 1. The first-order valence-corrected chi connectivity index (χ1v) is 5.41. The topological polar surface area (TPSA) is 37.3 Å². The maximum Gasteiger partial charge on any atom is 0.307 e. The van der Waals surface area contributed by atoms with Gasteiger partial charge in [-0.25, -0.2) is 0 Å². The number of hydrogen-bond acceptors (Lipinski definition) is 1. The van der Waals surface area contributed by atoms with Crippen LogP contribution in [0.1, 0.15) is 45.4 Å². The van der Waals surface area contributed by atoms with Crippen LogP contribution in [0.4, 0.5) is 0 Å². The molecule has 0 bridgehead atoms. The molecule has 1 unspecified atom stereocenters. The Morgan fingerprint density at radius 3 is 2.46 bits per heavy atom. The summed E-state index contributed by atoms with van der Waals surface area (Å²) >= 11 is 0. The lowest BCUT2D eigenvalue weighted by Gasteiger charge is -2.28. The fourth-order valence-corrected chi connectivity index (χ4v) is 2.91. The van der Waals surface area contributed by atoms with E-state index in [1.54, 1.807) is 0 Å². The molecule has 0 heterocycles. The van der Waals surface area contributed by atoms with Gasteiger partial charge in [0.25, 0.3) is 0 Å². The number of aliphatic carboxylic acids is 1. The van der Waals surface area contributed by atoms with Crippen molar-refractivity contribution in [2.45, 2.75) is 45.4 Å². The molecular weight excluding hydrogens is 164 g/mol. The van der Waals surface area contributed by atoms with E-state index in [9.17, 15) is 4.79 Å². The molecule has 2 heteroatoms. The molecular formula is C11H18O2. The first kappa shape index (κ1) is 9.04. The highest BCUT2D eigenvalue weighted by molar-refractivity contribution is 5.74. The number of hydrogen-bond donors (Lipinski definition) is 1. The molecule has 0 aromatic heterocycles. The molecule has 0 aromatic rings. The van der Waals surface area contributed by atoms with Crippen LogP contribution in [0.3, 0.4) is 0 Å². The molecule has 2 rings (SSSR count). The zero-order chi connectivity index (χ0) is 9.47. The van der Waals surface area contributed by atoms with E-state index < -0.39 is 5.97 Å². The third-order valence-electron chi connectivity index (χ3n) is 4.17. The Bertz CT molecular complexity index is 214. The highest BCUT2D eigenvalue weighted by atomic mass is 16.4. The van der Waals surface area contributed by atoms with Crippen LogP contribution in [0.5, 0.6) is 0 Å². The van der Waals surface area contributed by atoms with Crippen molar-refractivity contribution < 1.29 is 9.90 Å². The molecule has 13 heavy (non-hydrogen) atoms. The van der Waals surface area contributed by atoms with Gasteiger partial charge < -0.3 is 5.11 Å². The minimum atomic E-state index is -0.560. The Morgan fingerprint density at radius 2 is 2.08 bits per heavy atom. The number of rotatable bonds is 2. The first-order chi connectivity index (χ1) is 6.18. The van der Waals surface area contributed by atoms with Gasteiger partial charge in [0, 0.05) is 0 Å². The van der Waals surface area contributed by atoms with Crippen molar-refractivity contribution in [3.8, 4) is 0 Å². The lowest BCUT2D eigenvalue weighted by atomic mass is 9.77. The summed E-state index contributed by atoms with van der Waals surface area (Å²) in [4.78, 5) is 10.8. The van der Waals surface area contributed by atoms with E-state index in [0.29, 0.717) is 0 Å². The molecule has 1 N–H and O–H groups in total. The van der Waals surface area contributed by atoms with Crippen LogP contribution in [0.25, 0.3) is 0 Å². The second-order valence-electron chi connectivity index (χ2n) is 4.81. The highest BCUT2D eigenvalue weighted by Gasteiger charge is 2.58. The highest BCUT2D eigenvalue weighted by Crippen LogP contribution is 2.62. The van der Waals surface area contributed by atoms with Crippen LogP contribution in [0.2, 0.25) is 0 Å². The predicted octanol–water partition coefficient (Wildman–Crippen LogP) is 2.68. The van der Waals surface area contributed by atoms with Gasteiger partial charge in [-0.1, -0.05) is 13.3 Å². The molecule has 0 radical (unpaired) electrons. The van der Waals surface area contributed by atoms with Gasteiger partial charge in [0.1, 0.15) is 0 Å². The summed E-state index contributed by atoms with van der Waals surface area (Å²) in [5.41, 5.74) is 0.248. The second kappa shape index (κ2) is 3.00. The van der Waals surface area contributed by atoms with E-state index in [1.165, 1.54) is 32.1 Å². The average Bonchev–Trinajstić information content (AvgIpc) is 2.82. The van der Waals surface area contributed by atoms with Gasteiger partial charge in [-0.2, -0.15) is 0 Å². The van der Waals surface area contributed by atoms with Gasteiger partial charge in [-0.15, -0.1) is 0 Å². The zero-order valence-corrected chi connectivity index (χ0v) is 8.25. The maximum absolute atomic E-state index is 10.8. The standard InChI is InChI=1S/C11H18O2/c1-2-8-3-5-11(6-4-8)7-9(11)10(12)13/h8-9H,2-7H2,1H3,(H,12,13). The van der Waals surface area contributed by atoms with Crippen molar-refractivity contribution in [2.75, 3.05) is 0 Å². The molecule has 1 spiro atoms. The molecule has 2 aliphatic rings. The van der Waals surface area contributed by atoms with E-state index in [-0.39, 0.29) is 11.3 Å². The summed E-state index contributed by atoms with van der Waals surface area (Å²) in [7, 11) is 0. The van der Waals surface area contributed by atoms with Gasteiger partial charge >= 0.3 is 5.97 Å². The van der Waals surface area contributed by atoms with Crippen molar-refractivity contribution >= 4 is 5.97 Å². The van der Waals surface area contributed by atoms with E-state index in [1.807, 2.05) is 0 Å². The monoisotopic (exact) mass is 182 g/mol. The van der Waals surface area contributed by atoms with Crippen molar-refractivity contribution in [1.82, 2.24) is 0 Å². The van der Waals surface area contributed by atoms with Crippen LogP contribution < -0.4 is 0 Å². The van der Waals surface area contributed by atoms with E-state index in [0.717, 1.165) is 12.3 Å². The number of carbonyl (C=O) groups is 1. The van der Waals surface area contributed by atoms with Crippen molar-refractivity contribution in [1.29, 1.82) is 0 Å². The Balaban J connectivity index is 1.89. The third kappa shape index (κ3) is 1.47. The smallest absolute Gasteiger partial charge is 0.307 e. The van der Waals surface area contributed by atoms with Gasteiger partial charge in [-0.05, 0) is 43.4 Å². The molecule has 2 saturated carbocycles. The molecule has 0 aromatic carbocycles. The van der Waals surface area contributed by atoms with Gasteiger partial charge in [0.05, 0.1) is 5.92 Å². The Hall–Kier alpha value is -0.530. The van der Waals surface area contributed by atoms with Crippen LogP contribution in [-0.2, 0) is 4.79 Å². The summed E-state index contributed by atoms with van der Waals surface area (Å²) in [5, 5.41) is 8.89. The van der Waals surface area contributed by atoms with Gasteiger partial charge in [-0.3, -0.25) is 4.79 Å². The fraction of sp³-hybridized carbons (Fsp3) is 0.909. The van der Waals surface area contributed by atoms with Crippen LogP contribution in [0, 0.1) is 17.3 Å². The molecule has 1 atom stereocenters. The van der Waals surface area contributed by atoms with E-state index >= 15 is 0 Å². The summed E-state index contributed by atoms with van der Waals surface area (Å²) in [6, 6.07) is 0. The quantitative estimate of drug-likeness (QED) is 0.713. The Kier molecular flexibility index (Phi) is 2.09. The largest absolute Gasteiger partial charge is 0.481 e. The molecule has 0 amide bonds. The van der Waals surface area contributed by atoms with Crippen LogP contribution >= 0.6 is 0 Å². The van der Waals surface area contributed by atoms with Gasteiger partial charge in [0.15, 0.2) is 0 Å². The van der Waals surface area contributed by atoms with Crippen LogP contribution in [0.15, 0.2) is 0 Å². The normalized spacial score (nSPS) is 43.5. The Labute approximate surface area is 79.3 Å². The molecule has 2 fully saturated rings. The average molecular weight is 182 g/mol. The first-order valence-electron chi connectivity index (χ1n) is 5.41. The predicted molar refractivity (Wildman–Crippen MR) is 50.4 cm³/mol. The molecule has 0 aliphatic heterocycles. The minimum Gasteiger partial charge on any atom is -0.481 e. The summed E-state index contributed by atoms with van der Waals surface area (Å²) in [6.07, 6.45) is 7.10. The van der Waals surface area contributed by atoms with E-state index in [2.05, 4.69) is 6.92 Å². The summed E-state index contributed by atoms with van der Waals surface area (Å²) < 4.78 is 0. The van der Waals surface area contributed by atoms with Crippen LogP contribution in [-0.4, -0.2) is 11.1 Å². The SMILES string of the molecule is CCC1CCC2(CC1)CC2C(=O)O. The zero-order valence-electron chi connectivity index (χ0n) is 8.25. The maximum atomic E-state index is 10.8. The van der Waals surface area contributed by atoms with Crippen molar-refractivity contribution in [3.05, 3.63) is 0 Å².